The minimum atomic E-state index is 0.0195. The highest BCUT2D eigenvalue weighted by molar-refractivity contribution is 5.97. The summed E-state index contributed by atoms with van der Waals surface area (Å²) < 4.78 is 0. The average Bonchev–Trinajstić information content (AvgIpc) is 3.03. The van der Waals surface area contributed by atoms with Gasteiger partial charge >= 0.3 is 0 Å². The predicted octanol–water partition coefficient (Wildman–Crippen LogP) is 1.85. The van der Waals surface area contributed by atoms with Crippen LogP contribution in [0.15, 0.2) is 30.5 Å². The highest BCUT2D eigenvalue weighted by Crippen LogP contribution is 2.15. The van der Waals surface area contributed by atoms with Crippen LogP contribution in [-0.4, -0.2) is 42.5 Å². The molecule has 1 aliphatic heterocycles. The summed E-state index contributed by atoms with van der Waals surface area (Å²) in [6.07, 6.45) is 3.06. The van der Waals surface area contributed by atoms with Crippen molar-refractivity contribution in [2.45, 2.75) is 6.42 Å². The molecule has 1 aromatic heterocycles. The van der Waals surface area contributed by atoms with Crippen molar-refractivity contribution in [1.82, 2.24) is 15.2 Å². The molecule has 2 N–H and O–H groups in total. The zero-order valence-corrected chi connectivity index (χ0v) is 11.1. The fraction of sp³-hybridized carbons (Fsp3) is 0.400. The molecular weight excluding hydrogens is 238 g/mol. The first kappa shape index (κ1) is 12.2. The summed E-state index contributed by atoms with van der Waals surface area (Å²) in [6, 6.07) is 7.77. The van der Waals surface area contributed by atoms with Crippen LogP contribution in [0.2, 0.25) is 0 Å². The maximum absolute atomic E-state index is 12.1. The molecule has 2 heterocycles. The molecular formula is C15H19N3O. The van der Waals surface area contributed by atoms with E-state index >= 15 is 0 Å². The summed E-state index contributed by atoms with van der Waals surface area (Å²) in [7, 11) is 2.13. The maximum Gasteiger partial charge on any atom is 0.251 e. The van der Waals surface area contributed by atoms with E-state index in [-0.39, 0.29) is 5.91 Å². The molecule has 0 radical (unpaired) electrons. The number of aromatic nitrogens is 1. The van der Waals surface area contributed by atoms with Gasteiger partial charge in [0.15, 0.2) is 0 Å². The topological polar surface area (TPSA) is 48.1 Å². The maximum atomic E-state index is 12.1. The van der Waals surface area contributed by atoms with Gasteiger partial charge in [0.05, 0.1) is 0 Å². The quantitative estimate of drug-likeness (QED) is 0.881. The van der Waals surface area contributed by atoms with Crippen LogP contribution < -0.4 is 5.32 Å². The lowest BCUT2D eigenvalue weighted by Crippen LogP contribution is -2.30. The van der Waals surface area contributed by atoms with Crippen LogP contribution in [0.1, 0.15) is 16.8 Å². The van der Waals surface area contributed by atoms with E-state index in [0.717, 1.165) is 36.1 Å². The molecule has 0 saturated carbocycles. The van der Waals surface area contributed by atoms with Crippen molar-refractivity contribution in [2.75, 3.05) is 26.7 Å². The van der Waals surface area contributed by atoms with Crippen LogP contribution in [0.3, 0.4) is 0 Å². The molecule has 0 aliphatic carbocycles. The lowest BCUT2D eigenvalue weighted by atomic mass is 10.1. The van der Waals surface area contributed by atoms with Gasteiger partial charge in [-0.3, -0.25) is 4.79 Å². The lowest BCUT2D eigenvalue weighted by molar-refractivity contribution is 0.0947. The van der Waals surface area contributed by atoms with Gasteiger partial charge in [0, 0.05) is 30.4 Å². The first-order valence-electron chi connectivity index (χ1n) is 6.76. The Hall–Kier alpha value is -1.81. The van der Waals surface area contributed by atoms with Crippen molar-refractivity contribution >= 4 is 16.8 Å². The predicted molar refractivity (Wildman–Crippen MR) is 76.2 cm³/mol. The zero-order valence-electron chi connectivity index (χ0n) is 11.1. The number of H-pyrrole nitrogens is 1. The number of rotatable bonds is 3. The number of hydrogen-bond donors (Lipinski definition) is 2. The summed E-state index contributed by atoms with van der Waals surface area (Å²) >= 11 is 0. The van der Waals surface area contributed by atoms with Gasteiger partial charge in [-0.15, -0.1) is 0 Å². The molecule has 1 aliphatic rings. The third kappa shape index (κ3) is 2.63. The standard InChI is InChI=1S/C15H19N3O/c1-18-7-5-11(10-18)9-17-15(19)13-3-2-12-4-6-16-14(12)8-13/h2-4,6,8,11,16H,5,7,9-10H2,1H3,(H,17,19). The number of carbonyl (C=O) groups excluding carboxylic acids is 1. The molecule has 1 amide bonds. The molecule has 2 aromatic rings. The minimum Gasteiger partial charge on any atom is -0.361 e. The second kappa shape index (κ2) is 5.05. The van der Waals surface area contributed by atoms with Crippen molar-refractivity contribution in [3.8, 4) is 0 Å². The molecule has 1 unspecified atom stereocenters. The summed E-state index contributed by atoms with van der Waals surface area (Å²) in [5.74, 6) is 0.606. The fourth-order valence-electron chi connectivity index (χ4n) is 2.72. The van der Waals surface area contributed by atoms with Crippen LogP contribution in [0.5, 0.6) is 0 Å². The Labute approximate surface area is 112 Å². The zero-order chi connectivity index (χ0) is 13.2. The molecule has 19 heavy (non-hydrogen) atoms. The molecule has 0 bridgehead atoms. The molecule has 4 heteroatoms. The van der Waals surface area contributed by atoms with Crippen molar-refractivity contribution < 1.29 is 4.79 Å². The first-order chi connectivity index (χ1) is 9.22. The Balaban J connectivity index is 1.63. The first-order valence-corrected chi connectivity index (χ1v) is 6.76. The molecule has 3 rings (SSSR count). The van der Waals surface area contributed by atoms with Crippen LogP contribution in [0.25, 0.3) is 10.9 Å². The van der Waals surface area contributed by atoms with E-state index in [9.17, 15) is 4.79 Å². The Bertz CT molecular complexity index is 590. The van der Waals surface area contributed by atoms with E-state index in [1.165, 1.54) is 6.42 Å². The van der Waals surface area contributed by atoms with Crippen LogP contribution in [0.4, 0.5) is 0 Å². The molecule has 1 aromatic carbocycles. The van der Waals surface area contributed by atoms with E-state index in [0.29, 0.717) is 5.92 Å². The van der Waals surface area contributed by atoms with Crippen LogP contribution in [-0.2, 0) is 0 Å². The number of benzene rings is 1. The van der Waals surface area contributed by atoms with Crippen molar-refractivity contribution in [1.29, 1.82) is 0 Å². The largest absolute Gasteiger partial charge is 0.361 e. The van der Waals surface area contributed by atoms with Gasteiger partial charge in [-0.05, 0) is 49.5 Å². The second-order valence-corrected chi connectivity index (χ2v) is 5.41. The van der Waals surface area contributed by atoms with Crippen LogP contribution >= 0.6 is 0 Å². The van der Waals surface area contributed by atoms with Crippen LogP contribution in [0, 0.1) is 5.92 Å². The average molecular weight is 257 g/mol. The number of amides is 1. The summed E-state index contributed by atoms with van der Waals surface area (Å²) in [4.78, 5) is 17.5. The lowest BCUT2D eigenvalue weighted by Gasteiger charge is -2.11. The van der Waals surface area contributed by atoms with Gasteiger partial charge in [0.2, 0.25) is 0 Å². The van der Waals surface area contributed by atoms with Gasteiger partial charge in [0.1, 0.15) is 0 Å². The fourth-order valence-corrected chi connectivity index (χ4v) is 2.72. The van der Waals surface area contributed by atoms with Gasteiger partial charge in [-0.2, -0.15) is 0 Å². The number of carbonyl (C=O) groups is 1. The third-order valence-electron chi connectivity index (χ3n) is 3.86. The van der Waals surface area contributed by atoms with Crippen molar-refractivity contribution in [3.05, 3.63) is 36.0 Å². The van der Waals surface area contributed by atoms with Gasteiger partial charge < -0.3 is 15.2 Å². The molecule has 1 saturated heterocycles. The van der Waals surface area contributed by atoms with E-state index in [4.69, 9.17) is 0 Å². The highest BCUT2D eigenvalue weighted by Gasteiger charge is 2.20. The Morgan fingerprint density at radius 3 is 3.16 bits per heavy atom. The summed E-state index contributed by atoms with van der Waals surface area (Å²) in [5, 5.41) is 4.17. The molecule has 0 spiro atoms. The van der Waals surface area contributed by atoms with E-state index in [1.54, 1.807) is 0 Å². The molecule has 1 atom stereocenters. The van der Waals surface area contributed by atoms with E-state index in [2.05, 4.69) is 22.2 Å². The normalized spacial score (nSPS) is 19.9. The number of nitrogens with one attached hydrogen (secondary N) is 2. The smallest absolute Gasteiger partial charge is 0.251 e. The summed E-state index contributed by atoms with van der Waals surface area (Å²) in [6.45, 7) is 2.98. The molecule has 4 nitrogen and oxygen atoms in total. The summed E-state index contributed by atoms with van der Waals surface area (Å²) in [5.41, 5.74) is 1.73. The monoisotopic (exact) mass is 257 g/mol. The van der Waals surface area contributed by atoms with Gasteiger partial charge in [-0.1, -0.05) is 6.07 Å². The third-order valence-corrected chi connectivity index (χ3v) is 3.86. The minimum absolute atomic E-state index is 0.0195. The van der Waals surface area contributed by atoms with Gasteiger partial charge in [0.25, 0.3) is 5.91 Å². The Kier molecular flexibility index (Phi) is 3.25. The number of fused-ring (bicyclic) bond motifs is 1. The number of hydrogen-bond acceptors (Lipinski definition) is 2. The SMILES string of the molecule is CN1CCC(CNC(=O)c2ccc3cc[nH]c3c2)C1. The number of nitrogens with zero attached hydrogens (tertiary/aromatic N) is 1. The van der Waals surface area contributed by atoms with Crippen molar-refractivity contribution in [3.63, 3.8) is 0 Å². The molecule has 100 valence electrons. The van der Waals surface area contributed by atoms with Crippen molar-refractivity contribution in [2.24, 2.45) is 5.92 Å². The van der Waals surface area contributed by atoms with E-state index < -0.39 is 0 Å². The highest BCUT2D eigenvalue weighted by atomic mass is 16.1. The van der Waals surface area contributed by atoms with E-state index in [1.807, 2.05) is 30.5 Å². The Morgan fingerprint density at radius 1 is 1.47 bits per heavy atom. The van der Waals surface area contributed by atoms with Gasteiger partial charge in [-0.25, -0.2) is 0 Å². The molecule has 1 fully saturated rings. The number of likely N-dealkylation sites (tertiary alicyclic amines) is 1. The Morgan fingerprint density at radius 2 is 2.37 bits per heavy atom. The number of aromatic amines is 1. The second-order valence-electron chi connectivity index (χ2n) is 5.41.